The van der Waals surface area contributed by atoms with Crippen LogP contribution in [0.5, 0.6) is 5.75 Å². The van der Waals surface area contributed by atoms with Gasteiger partial charge in [0.25, 0.3) is 0 Å². The van der Waals surface area contributed by atoms with Crippen LogP contribution in [0.4, 0.5) is 0 Å². The van der Waals surface area contributed by atoms with Gasteiger partial charge in [-0.25, -0.2) is 4.79 Å². The number of benzene rings is 1. The van der Waals surface area contributed by atoms with E-state index in [1.54, 1.807) is 16.7 Å². The van der Waals surface area contributed by atoms with E-state index in [-0.39, 0.29) is 16.7 Å². The zero-order valence-corrected chi connectivity index (χ0v) is 14.3. The Balaban J connectivity index is 1.83. The highest BCUT2D eigenvalue weighted by atomic mass is 32.2. The first-order valence-electron chi connectivity index (χ1n) is 7.57. The van der Waals surface area contributed by atoms with Gasteiger partial charge >= 0.3 is 5.97 Å². The van der Waals surface area contributed by atoms with Gasteiger partial charge in [0.2, 0.25) is 5.91 Å². The van der Waals surface area contributed by atoms with E-state index >= 15 is 0 Å². The normalized spacial score (nSPS) is 27.2. The first-order chi connectivity index (χ1) is 10.3. The molecule has 2 unspecified atom stereocenters. The van der Waals surface area contributed by atoms with Gasteiger partial charge < -0.3 is 9.64 Å². The van der Waals surface area contributed by atoms with Crippen LogP contribution in [0, 0.1) is 20.8 Å². The SMILES string of the molecule is Cc1cc(C)c(OC(=O)C2CSC3(C)CCC(=O)N23)c(C)c1. The number of nitrogens with zero attached hydrogens (tertiary/aromatic N) is 1. The van der Waals surface area contributed by atoms with Crippen LogP contribution in [-0.4, -0.2) is 33.4 Å². The van der Waals surface area contributed by atoms with Gasteiger partial charge in [-0.3, -0.25) is 4.79 Å². The summed E-state index contributed by atoms with van der Waals surface area (Å²) in [5, 5.41) is 0. The molecule has 0 bridgehead atoms. The van der Waals surface area contributed by atoms with Gasteiger partial charge in [0.15, 0.2) is 0 Å². The number of carbonyl (C=O) groups is 2. The van der Waals surface area contributed by atoms with E-state index < -0.39 is 6.04 Å². The highest BCUT2D eigenvalue weighted by Crippen LogP contribution is 2.47. The number of amides is 1. The molecule has 4 nitrogen and oxygen atoms in total. The van der Waals surface area contributed by atoms with E-state index in [1.165, 1.54) is 0 Å². The molecule has 2 aliphatic rings. The Kier molecular flexibility index (Phi) is 3.71. The molecule has 0 aliphatic carbocycles. The molecule has 0 saturated carbocycles. The zero-order chi connectivity index (χ0) is 16.1. The molecule has 0 spiro atoms. The van der Waals surface area contributed by atoms with E-state index in [2.05, 4.69) is 0 Å². The lowest BCUT2D eigenvalue weighted by molar-refractivity contribution is -0.146. The van der Waals surface area contributed by atoms with Crippen molar-refractivity contribution in [3.8, 4) is 5.75 Å². The number of fused-ring (bicyclic) bond motifs is 1. The van der Waals surface area contributed by atoms with Gasteiger partial charge in [0.05, 0.1) is 4.87 Å². The summed E-state index contributed by atoms with van der Waals surface area (Å²) in [7, 11) is 0. The molecular weight excluding hydrogens is 298 g/mol. The van der Waals surface area contributed by atoms with E-state index in [0.717, 1.165) is 23.1 Å². The Labute approximate surface area is 135 Å². The predicted molar refractivity (Wildman–Crippen MR) is 87.0 cm³/mol. The number of hydrogen-bond donors (Lipinski definition) is 0. The van der Waals surface area contributed by atoms with Crippen LogP contribution < -0.4 is 4.74 Å². The van der Waals surface area contributed by atoms with E-state index in [9.17, 15) is 9.59 Å². The van der Waals surface area contributed by atoms with Gasteiger partial charge in [0.1, 0.15) is 11.8 Å². The molecule has 118 valence electrons. The molecule has 1 aromatic rings. The van der Waals surface area contributed by atoms with Gasteiger partial charge in [-0.2, -0.15) is 0 Å². The molecule has 2 saturated heterocycles. The third kappa shape index (κ3) is 2.41. The number of hydrogen-bond acceptors (Lipinski definition) is 4. The van der Waals surface area contributed by atoms with Crippen molar-refractivity contribution in [3.05, 3.63) is 28.8 Å². The molecular formula is C17H21NO3S. The second-order valence-electron chi connectivity index (χ2n) is 6.41. The minimum absolute atomic E-state index is 0.0619. The Bertz CT molecular complexity index is 634. The largest absolute Gasteiger partial charge is 0.424 e. The predicted octanol–water partition coefficient (Wildman–Crippen LogP) is 2.97. The fraction of sp³-hybridized carbons (Fsp3) is 0.529. The van der Waals surface area contributed by atoms with Crippen LogP contribution in [0.2, 0.25) is 0 Å². The molecule has 0 aromatic heterocycles. The summed E-state index contributed by atoms with van der Waals surface area (Å²) in [6.45, 7) is 7.94. The Hall–Kier alpha value is -1.49. The molecule has 2 aliphatic heterocycles. The molecule has 2 fully saturated rings. The first kappa shape index (κ1) is 15.4. The molecule has 22 heavy (non-hydrogen) atoms. The molecule has 2 heterocycles. The Morgan fingerprint density at radius 3 is 2.59 bits per heavy atom. The summed E-state index contributed by atoms with van der Waals surface area (Å²) < 4.78 is 5.67. The molecule has 2 atom stereocenters. The maximum Gasteiger partial charge on any atom is 0.335 e. The number of rotatable bonds is 2. The maximum absolute atomic E-state index is 12.6. The van der Waals surface area contributed by atoms with Crippen LogP contribution in [0.3, 0.4) is 0 Å². The molecule has 1 amide bonds. The summed E-state index contributed by atoms with van der Waals surface area (Å²) in [6, 6.07) is 3.54. The highest BCUT2D eigenvalue weighted by Gasteiger charge is 2.53. The lowest BCUT2D eigenvalue weighted by atomic mass is 10.1. The van der Waals surface area contributed by atoms with Gasteiger partial charge in [-0.15, -0.1) is 11.8 Å². The zero-order valence-electron chi connectivity index (χ0n) is 13.4. The number of thioether (sulfide) groups is 1. The third-order valence-electron chi connectivity index (χ3n) is 4.52. The summed E-state index contributed by atoms with van der Waals surface area (Å²) in [4.78, 5) is 26.2. The van der Waals surface area contributed by atoms with Crippen molar-refractivity contribution in [2.45, 2.75) is 51.4 Å². The Morgan fingerprint density at radius 2 is 1.95 bits per heavy atom. The van der Waals surface area contributed by atoms with Crippen LogP contribution in [0.1, 0.15) is 36.5 Å². The van der Waals surface area contributed by atoms with Crippen molar-refractivity contribution in [1.29, 1.82) is 0 Å². The molecule has 3 rings (SSSR count). The van der Waals surface area contributed by atoms with Crippen LogP contribution in [0.15, 0.2) is 12.1 Å². The molecule has 0 N–H and O–H groups in total. The van der Waals surface area contributed by atoms with Gasteiger partial charge in [0, 0.05) is 12.2 Å². The monoisotopic (exact) mass is 319 g/mol. The van der Waals surface area contributed by atoms with Crippen molar-refractivity contribution in [3.63, 3.8) is 0 Å². The summed E-state index contributed by atoms with van der Waals surface area (Å²) in [5.41, 5.74) is 3.05. The fourth-order valence-electron chi connectivity index (χ4n) is 3.49. The average molecular weight is 319 g/mol. The second-order valence-corrected chi connectivity index (χ2v) is 7.92. The van der Waals surface area contributed by atoms with Crippen molar-refractivity contribution in [1.82, 2.24) is 4.90 Å². The lowest BCUT2D eigenvalue weighted by Gasteiger charge is -2.29. The fourth-order valence-corrected chi connectivity index (χ4v) is 4.91. The first-order valence-corrected chi connectivity index (χ1v) is 8.56. The van der Waals surface area contributed by atoms with Crippen molar-refractivity contribution in [2.75, 3.05) is 5.75 Å². The van der Waals surface area contributed by atoms with Crippen molar-refractivity contribution < 1.29 is 14.3 Å². The second kappa shape index (κ2) is 5.30. The van der Waals surface area contributed by atoms with Crippen LogP contribution in [-0.2, 0) is 9.59 Å². The minimum Gasteiger partial charge on any atom is -0.424 e. The van der Waals surface area contributed by atoms with E-state index in [4.69, 9.17) is 4.74 Å². The summed E-state index contributed by atoms with van der Waals surface area (Å²) in [5.74, 6) is 0.986. The minimum atomic E-state index is -0.467. The van der Waals surface area contributed by atoms with Crippen molar-refractivity contribution in [2.24, 2.45) is 0 Å². The smallest absolute Gasteiger partial charge is 0.335 e. The summed E-state index contributed by atoms with van der Waals surface area (Å²) in [6.07, 6.45) is 1.33. The highest BCUT2D eigenvalue weighted by molar-refractivity contribution is 8.01. The van der Waals surface area contributed by atoms with Crippen LogP contribution in [0.25, 0.3) is 0 Å². The number of esters is 1. The van der Waals surface area contributed by atoms with E-state index in [1.807, 2.05) is 39.8 Å². The maximum atomic E-state index is 12.6. The standard InChI is InChI=1S/C17H21NO3S/c1-10-7-11(2)15(12(3)8-10)21-16(20)13-9-22-17(4)6-5-14(19)18(13)17/h7-8,13H,5-6,9H2,1-4H3. The molecule has 0 radical (unpaired) electrons. The topological polar surface area (TPSA) is 46.6 Å². The van der Waals surface area contributed by atoms with Gasteiger partial charge in [-0.05, 0) is 45.2 Å². The van der Waals surface area contributed by atoms with Gasteiger partial charge in [-0.1, -0.05) is 17.7 Å². The number of aryl methyl sites for hydroxylation is 3. The number of ether oxygens (including phenoxy) is 1. The Morgan fingerprint density at radius 1 is 1.32 bits per heavy atom. The molecule has 1 aromatic carbocycles. The van der Waals surface area contributed by atoms with Crippen molar-refractivity contribution >= 4 is 23.6 Å². The summed E-state index contributed by atoms with van der Waals surface area (Å²) >= 11 is 1.68. The van der Waals surface area contributed by atoms with E-state index in [0.29, 0.717) is 17.9 Å². The third-order valence-corrected chi connectivity index (χ3v) is 6.03. The van der Waals surface area contributed by atoms with Crippen LogP contribution >= 0.6 is 11.8 Å². The average Bonchev–Trinajstić information content (AvgIpc) is 2.91. The lowest BCUT2D eigenvalue weighted by Crippen LogP contribution is -2.47. The number of carbonyl (C=O) groups excluding carboxylic acids is 2. The quantitative estimate of drug-likeness (QED) is 0.621. The molecule has 5 heteroatoms.